The van der Waals surface area contributed by atoms with Gasteiger partial charge in [-0.1, -0.05) is 11.6 Å². The Hall–Kier alpha value is -0.940. The molecule has 3 rings (SSSR count). The minimum Gasteiger partial charge on any atom is -0.271 e. The zero-order chi connectivity index (χ0) is 14.1. The Labute approximate surface area is 126 Å². The standard InChI is InChI=1S/C15H16ClFN2S/c16-11-4-5-12(17)10(6-11)7-13(19-18)15-8-9-2-1-3-14(9)20-15/h4-6,8,13,19H,1-3,7,18H2. The summed E-state index contributed by atoms with van der Waals surface area (Å²) in [4.78, 5) is 2.63. The summed E-state index contributed by atoms with van der Waals surface area (Å²) in [5.74, 6) is 5.42. The SMILES string of the molecule is NNC(Cc1cc(Cl)ccc1F)c1cc2c(s1)CCC2. The lowest BCUT2D eigenvalue weighted by molar-refractivity contribution is 0.535. The fraction of sp³-hybridized carbons (Fsp3) is 0.333. The van der Waals surface area contributed by atoms with Crippen LogP contribution in [0.3, 0.4) is 0 Å². The van der Waals surface area contributed by atoms with E-state index in [9.17, 15) is 4.39 Å². The minimum absolute atomic E-state index is 0.0708. The Morgan fingerprint density at radius 3 is 2.95 bits per heavy atom. The van der Waals surface area contributed by atoms with Gasteiger partial charge in [-0.25, -0.2) is 4.39 Å². The number of rotatable bonds is 4. The number of benzene rings is 1. The molecule has 0 saturated carbocycles. The second-order valence-electron chi connectivity index (χ2n) is 5.11. The predicted octanol–water partition coefficient (Wildman–Crippen LogP) is 3.78. The van der Waals surface area contributed by atoms with Crippen LogP contribution in [0.2, 0.25) is 5.02 Å². The molecule has 2 aromatic rings. The third-order valence-electron chi connectivity index (χ3n) is 3.74. The smallest absolute Gasteiger partial charge is 0.126 e. The summed E-state index contributed by atoms with van der Waals surface area (Å²) in [6.45, 7) is 0. The Bertz CT molecular complexity index is 605. The molecule has 0 amide bonds. The summed E-state index contributed by atoms with van der Waals surface area (Å²) < 4.78 is 13.8. The lowest BCUT2D eigenvalue weighted by Crippen LogP contribution is -2.29. The van der Waals surface area contributed by atoms with Gasteiger partial charge in [0, 0.05) is 14.8 Å². The van der Waals surface area contributed by atoms with E-state index in [1.165, 1.54) is 27.8 Å². The van der Waals surface area contributed by atoms with Gasteiger partial charge in [0.25, 0.3) is 0 Å². The molecule has 1 aliphatic carbocycles. The number of nitrogens with one attached hydrogen (secondary N) is 1. The van der Waals surface area contributed by atoms with Crippen LogP contribution in [-0.4, -0.2) is 0 Å². The number of nitrogens with two attached hydrogens (primary N) is 1. The van der Waals surface area contributed by atoms with Gasteiger partial charge in [0.15, 0.2) is 0 Å². The van der Waals surface area contributed by atoms with Gasteiger partial charge in [-0.3, -0.25) is 11.3 Å². The molecule has 1 atom stereocenters. The third kappa shape index (κ3) is 2.74. The minimum atomic E-state index is -0.237. The highest BCUT2D eigenvalue weighted by Gasteiger charge is 2.20. The molecule has 1 unspecified atom stereocenters. The van der Waals surface area contributed by atoms with Crippen molar-refractivity contribution in [2.24, 2.45) is 5.84 Å². The fourth-order valence-electron chi connectivity index (χ4n) is 2.69. The lowest BCUT2D eigenvalue weighted by atomic mass is 10.0. The molecule has 1 aliphatic rings. The third-order valence-corrected chi connectivity index (χ3v) is 5.33. The van der Waals surface area contributed by atoms with Crippen molar-refractivity contribution in [2.45, 2.75) is 31.7 Å². The van der Waals surface area contributed by atoms with E-state index < -0.39 is 0 Å². The van der Waals surface area contributed by atoms with Crippen molar-refractivity contribution in [2.75, 3.05) is 0 Å². The summed E-state index contributed by atoms with van der Waals surface area (Å²) in [6.07, 6.45) is 4.05. The van der Waals surface area contributed by atoms with E-state index in [4.69, 9.17) is 17.4 Å². The monoisotopic (exact) mass is 310 g/mol. The summed E-state index contributed by atoms with van der Waals surface area (Å²) in [7, 11) is 0. The average molecular weight is 311 g/mol. The van der Waals surface area contributed by atoms with Crippen LogP contribution in [0.5, 0.6) is 0 Å². The average Bonchev–Trinajstić information content (AvgIpc) is 3.00. The molecule has 1 heterocycles. The molecule has 0 bridgehead atoms. The molecule has 0 spiro atoms. The van der Waals surface area contributed by atoms with Gasteiger partial charge < -0.3 is 0 Å². The van der Waals surface area contributed by atoms with Gasteiger partial charge in [-0.15, -0.1) is 11.3 Å². The van der Waals surface area contributed by atoms with Crippen molar-refractivity contribution in [3.63, 3.8) is 0 Å². The first kappa shape index (κ1) is 14.0. The zero-order valence-electron chi connectivity index (χ0n) is 11.0. The van der Waals surface area contributed by atoms with Crippen molar-refractivity contribution in [3.05, 3.63) is 56.0 Å². The normalized spacial score (nSPS) is 15.3. The van der Waals surface area contributed by atoms with Crippen molar-refractivity contribution < 1.29 is 4.39 Å². The second-order valence-corrected chi connectivity index (χ2v) is 6.71. The number of hydrazine groups is 1. The Balaban J connectivity index is 1.84. The van der Waals surface area contributed by atoms with E-state index >= 15 is 0 Å². The van der Waals surface area contributed by atoms with Crippen molar-refractivity contribution in [3.8, 4) is 0 Å². The van der Waals surface area contributed by atoms with Gasteiger partial charge in [0.05, 0.1) is 6.04 Å². The van der Waals surface area contributed by atoms with Crippen LogP contribution in [0.15, 0.2) is 24.3 Å². The fourth-order valence-corrected chi connectivity index (χ4v) is 4.20. The number of aryl methyl sites for hydroxylation is 2. The van der Waals surface area contributed by atoms with Gasteiger partial charge in [0.1, 0.15) is 5.82 Å². The number of thiophene rings is 1. The highest BCUT2D eigenvalue weighted by atomic mass is 35.5. The van der Waals surface area contributed by atoms with Crippen molar-refractivity contribution >= 4 is 22.9 Å². The quantitative estimate of drug-likeness (QED) is 0.666. The van der Waals surface area contributed by atoms with E-state index in [-0.39, 0.29) is 11.9 Å². The largest absolute Gasteiger partial charge is 0.271 e. The van der Waals surface area contributed by atoms with E-state index in [0.717, 1.165) is 12.8 Å². The van der Waals surface area contributed by atoms with Crippen LogP contribution >= 0.6 is 22.9 Å². The van der Waals surface area contributed by atoms with Crippen LogP contribution in [0.1, 0.15) is 33.3 Å². The Kier molecular flexibility index (Phi) is 4.08. The molecule has 1 aromatic carbocycles. The molecule has 5 heteroatoms. The van der Waals surface area contributed by atoms with E-state index in [0.29, 0.717) is 17.0 Å². The summed E-state index contributed by atoms with van der Waals surface area (Å²) in [5.41, 5.74) is 4.82. The maximum Gasteiger partial charge on any atom is 0.126 e. The molecule has 1 aromatic heterocycles. The first-order valence-corrected chi connectivity index (χ1v) is 7.88. The topological polar surface area (TPSA) is 38.0 Å². The molecule has 20 heavy (non-hydrogen) atoms. The molecule has 0 aliphatic heterocycles. The maximum absolute atomic E-state index is 13.8. The highest BCUT2D eigenvalue weighted by Crippen LogP contribution is 2.35. The van der Waals surface area contributed by atoms with Crippen molar-refractivity contribution in [1.29, 1.82) is 0 Å². The Morgan fingerprint density at radius 1 is 1.35 bits per heavy atom. The van der Waals surface area contributed by atoms with Gasteiger partial charge in [-0.2, -0.15) is 0 Å². The molecular formula is C15H16ClFN2S. The van der Waals surface area contributed by atoms with Gasteiger partial charge in [-0.05, 0) is 61.1 Å². The first-order valence-electron chi connectivity index (χ1n) is 6.69. The number of fused-ring (bicyclic) bond motifs is 1. The number of hydrogen-bond acceptors (Lipinski definition) is 3. The molecular weight excluding hydrogens is 295 g/mol. The van der Waals surface area contributed by atoms with Crippen molar-refractivity contribution in [1.82, 2.24) is 5.43 Å². The summed E-state index contributed by atoms with van der Waals surface area (Å²) in [5, 5.41) is 0.547. The van der Waals surface area contributed by atoms with Crippen LogP contribution in [0, 0.1) is 5.82 Å². The van der Waals surface area contributed by atoms with Crippen LogP contribution in [-0.2, 0) is 19.3 Å². The second kappa shape index (κ2) is 5.82. The summed E-state index contributed by atoms with van der Waals surface area (Å²) in [6, 6.07) is 6.77. The molecule has 0 radical (unpaired) electrons. The molecule has 2 nitrogen and oxygen atoms in total. The van der Waals surface area contributed by atoms with Crippen LogP contribution in [0.4, 0.5) is 4.39 Å². The van der Waals surface area contributed by atoms with Crippen LogP contribution < -0.4 is 11.3 Å². The number of hydrogen-bond donors (Lipinski definition) is 2. The maximum atomic E-state index is 13.8. The summed E-state index contributed by atoms with van der Waals surface area (Å²) >= 11 is 7.72. The van der Waals surface area contributed by atoms with E-state index in [2.05, 4.69) is 11.5 Å². The first-order chi connectivity index (χ1) is 9.67. The van der Waals surface area contributed by atoms with E-state index in [1.54, 1.807) is 23.5 Å². The van der Waals surface area contributed by atoms with Crippen LogP contribution in [0.25, 0.3) is 0 Å². The lowest BCUT2D eigenvalue weighted by Gasteiger charge is -2.15. The van der Waals surface area contributed by atoms with Gasteiger partial charge >= 0.3 is 0 Å². The number of halogens is 2. The highest BCUT2D eigenvalue weighted by molar-refractivity contribution is 7.12. The predicted molar refractivity (Wildman–Crippen MR) is 81.5 cm³/mol. The zero-order valence-corrected chi connectivity index (χ0v) is 12.5. The van der Waals surface area contributed by atoms with E-state index in [1.807, 2.05) is 0 Å². The molecule has 3 N–H and O–H groups in total. The Morgan fingerprint density at radius 2 is 2.20 bits per heavy atom. The molecule has 0 saturated heterocycles. The molecule has 0 fully saturated rings. The molecule has 106 valence electrons. The van der Waals surface area contributed by atoms with Gasteiger partial charge in [0.2, 0.25) is 0 Å².